The van der Waals surface area contributed by atoms with E-state index in [4.69, 9.17) is 0 Å². The van der Waals surface area contributed by atoms with Gasteiger partial charge in [-0.1, -0.05) is 6.07 Å². The summed E-state index contributed by atoms with van der Waals surface area (Å²) in [6.45, 7) is 1.94. The fourth-order valence-electron chi connectivity index (χ4n) is 2.50. The number of hydrogen-bond acceptors (Lipinski definition) is 5. The molecule has 6 nitrogen and oxygen atoms in total. The first-order chi connectivity index (χ1) is 9.76. The zero-order valence-corrected chi connectivity index (χ0v) is 13.4. The Kier molecular flexibility index (Phi) is 4.48. The summed E-state index contributed by atoms with van der Waals surface area (Å²) in [5.74, 6) is -0.185. The standard InChI is InChI=1S/C13H19NO5S2/c1-2-14(11-4-3-5-12(15)10-11)21(18,19)13-6-8-20(16,17)9-7-13/h3-5,10,13,15H,2,6-9H2,1H3. The van der Waals surface area contributed by atoms with Gasteiger partial charge in [0.15, 0.2) is 0 Å². The molecule has 0 radical (unpaired) electrons. The van der Waals surface area contributed by atoms with Gasteiger partial charge in [0.1, 0.15) is 15.6 Å². The number of anilines is 1. The molecule has 118 valence electrons. The van der Waals surface area contributed by atoms with Crippen molar-refractivity contribution in [2.24, 2.45) is 0 Å². The Morgan fingerprint density at radius 2 is 1.90 bits per heavy atom. The SMILES string of the molecule is CCN(c1cccc(O)c1)S(=O)(=O)C1CCS(=O)(=O)CC1. The topological polar surface area (TPSA) is 91.8 Å². The number of benzene rings is 1. The van der Waals surface area contributed by atoms with Crippen molar-refractivity contribution in [1.82, 2.24) is 0 Å². The summed E-state index contributed by atoms with van der Waals surface area (Å²) >= 11 is 0. The lowest BCUT2D eigenvalue weighted by molar-refractivity contribution is 0.475. The van der Waals surface area contributed by atoms with Crippen LogP contribution in [0.4, 0.5) is 5.69 Å². The van der Waals surface area contributed by atoms with Gasteiger partial charge in [-0.3, -0.25) is 4.31 Å². The Bertz CT molecular complexity index is 698. The normalized spacial score (nSPS) is 19.3. The molecule has 0 amide bonds. The predicted molar refractivity (Wildman–Crippen MR) is 81.7 cm³/mol. The van der Waals surface area contributed by atoms with E-state index in [1.54, 1.807) is 19.1 Å². The number of aromatic hydroxyl groups is 1. The van der Waals surface area contributed by atoms with E-state index in [9.17, 15) is 21.9 Å². The molecule has 1 aromatic rings. The molecule has 0 spiro atoms. The van der Waals surface area contributed by atoms with E-state index >= 15 is 0 Å². The van der Waals surface area contributed by atoms with Crippen LogP contribution in [-0.4, -0.2) is 45.2 Å². The molecule has 0 unspecified atom stereocenters. The zero-order valence-electron chi connectivity index (χ0n) is 11.8. The summed E-state index contributed by atoms with van der Waals surface area (Å²) in [4.78, 5) is 0. The molecule has 0 aliphatic carbocycles. The molecule has 1 fully saturated rings. The van der Waals surface area contributed by atoms with Crippen LogP contribution in [0, 0.1) is 0 Å². The van der Waals surface area contributed by atoms with Crippen LogP contribution >= 0.6 is 0 Å². The van der Waals surface area contributed by atoms with E-state index in [-0.39, 0.29) is 36.6 Å². The van der Waals surface area contributed by atoms with Crippen LogP contribution < -0.4 is 4.31 Å². The van der Waals surface area contributed by atoms with Crippen molar-refractivity contribution in [3.05, 3.63) is 24.3 Å². The minimum absolute atomic E-state index is 0.00706. The first kappa shape index (κ1) is 16.1. The predicted octanol–water partition coefficient (Wildman–Crippen LogP) is 1.13. The second-order valence-corrected chi connectivity index (χ2v) is 9.52. The molecule has 0 aromatic heterocycles. The smallest absolute Gasteiger partial charge is 0.238 e. The van der Waals surface area contributed by atoms with Gasteiger partial charge in [0.05, 0.1) is 22.4 Å². The Morgan fingerprint density at radius 3 is 2.43 bits per heavy atom. The molecule has 0 atom stereocenters. The number of phenols is 1. The molecule has 1 aromatic carbocycles. The quantitative estimate of drug-likeness (QED) is 0.891. The summed E-state index contributed by atoms with van der Waals surface area (Å²) in [5.41, 5.74) is 0.394. The molecular formula is C13H19NO5S2. The van der Waals surface area contributed by atoms with Gasteiger partial charge in [-0.2, -0.15) is 0 Å². The maximum Gasteiger partial charge on any atom is 0.238 e. The first-order valence-corrected chi connectivity index (χ1v) is 10.1. The van der Waals surface area contributed by atoms with Crippen LogP contribution in [0.3, 0.4) is 0 Å². The maximum atomic E-state index is 12.7. The number of hydrogen-bond donors (Lipinski definition) is 1. The Labute approximate surface area is 125 Å². The molecule has 0 saturated carbocycles. The zero-order chi connectivity index (χ0) is 15.7. The number of rotatable bonds is 4. The highest BCUT2D eigenvalue weighted by atomic mass is 32.2. The number of sulfonamides is 1. The Balaban J connectivity index is 2.29. The van der Waals surface area contributed by atoms with Crippen molar-refractivity contribution >= 4 is 25.5 Å². The van der Waals surface area contributed by atoms with E-state index in [2.05, 4.69) is 0 Å². The monoisotopic (exact) mass is 333 g/mol. The van der Waals surface area contributed by atoms with Gasteiger partial charge in [0, 0.05) is 12.6 Å². The summed E-state index contributed by atoms with van der Waals surface area (Å²) in [6, 6.07) is 6.05. The van der Waals surface area contributed by atoms with Crippen molar-refractivity contribution in [2.75, 3.05) is 22.4 Å². The molecule has 1 N–H and O–H groups in total. The van der Waals surface area contributed by atoms with Crippen LogP contribution in [0.15, 0.2) is 24.3 Å². The van der Waals surface area contributed by atoms with Gasteiger partial charge in [-0.15, -0.1) is 0 Å². The summed E-state index contributed by atoms with van der Waals surface area (Å²) < 4.78 is 49.5. The molecule has 0 bridgehead atoms. The largest absolute Gasteiger partial charge is 0.508 e. The molecule has 1 saturated heterocycles. The third kappa shape index (κ3) is 3.49. The molecule has 1 aliphatic rings. The van der Waals surface area contributed by atoms with E-state index < -0.39 is 25.1 Å². The Hall–Kier alpha value is -1.28. The highest BCUT2D eigenvalue weighted by molar-refractivity contribution is 7.94. The van der Waals surface area contributed by atoms with Crippen LogP contribution in [0.1, 0.15) is 19.8 Å². The summed E-state index contributed by atoms with van der Waals surface area (Å²) in [5, 5.41) is 8.81. The van der Waals surface area contributed by atoms with E-state index in [0.717, 1.165) is 0 Å². The van der Waals surface area contributed by atoms with Gasteiger partial charge in [-0.25, -0.2) is 16.8 Å². The number of nitrogens with zero attached hydrogens (tertiary/aromatic N) is 1. The lowest BCUT2D eigenvalue weighted by Gasteiger charge is -2.30. The third-order valence-corrected chi connectivity index (χ3v) is 7.75. The van der Waals surface area contributed by atoms with Gasteiger partial charge in [-0.05, 0) is 31.9 Å². The third-order valence-electron chi connectivity index (χ3n) is 3.64. The average molecular weight is 333 g/mol. The summed E-state index contributed by atoms with van der Waals surface area (Å²) in [7, 11) is -6.74. The van der Waals surface area contributed by atoms with Gasteiger partial charge in [0.25, 0.3) is 0 Å². The second-order valence-electron chi connectivity index (χ2n) is 5.08. The van der Waals surface area contributed by atoms with Crippen LogP contribution in [0.25, 0.3) is 0 Å². The molecular weight excluding hydrogens is 314 g/mol. The minimum Gasteiger partial charge on any atom is -0.508 e. The van der Waals surface area contributed by atoms with E-state index in [1.807, 2.05) is 0 Å². The van der Waals surface area contributed by atoms with Crippen molar-refractivity contribution in [2.45, 2.75) is 25.0 Å². The molecule has 8 heteroatoms. The molecule has 2 rings (SSSR count). The maximum absolute atomic E-state index is 12.7. The molecule has 21 heavy (non-hydrogen) atoms. The minimum atomic E-state index is -3.64. The average Bonchev–Trinajstić information content (AvgIpc) is 2.38. The van der Waals surface area contributed by atoms with Crippen molar-refractivity contribution < 1.29 is 21.9 Å². The fraction of sp³-hybridized carbons (Fsp3) is 0.538. The highest BCUT2D eigenvalue weighted by Crippen LogP contribution is 2.28. The van der Waals surface area contributed by atoms with Crippen LogP contribution in [-0.2, 0) is 19.9 Å². The van der Waals surface area contributed by atoms with E-state index in [1.165, 1.54) is 16.4 Å². The molecule has 1 heterocycles. The fourth-order valence-corrected chi connectivity index (χ4v) is 6.25. The lowest BCUT2D eigenvalue weighted by Crippen LogP contribution is -2.42. The highest BCUT2D eigenvalue weighted by Gasteiger charge is 2.36. The van der Waals surface area contributed by atoms with Crippen molar-refractivity contribution in [3.8, 4) is 5.75 Å². The Morgan fingerprint density at radius 1 is 1.29 bits per heavy atom. The summed E-state index contributed by atoms with van der Waals surface area (Å²) in [6.07, 6.45) is 0.250. The second kappa shape index (κ2) is 5.84. The number of sulfone groups is 1. The van der Waals surface area contributed by atoms with Gasteiger partial charge in [0.2, 0.25) is 10.0 Å². The van der Waals surface area contributed by atoms with Gasteiger partial charge < -0.3 is 5.11 Å². The van der Waals surface area contributed by atoms with Crippen LogP contribution in [0.5, 0.6) is 5.75 Å². The lowest BCUT2D eigenvalue weighted by atomic mass is 10.2. The van der Waals surface area contributed by atoms with Crippen molar-refractivity contribution in [3.63, 3.8) is 0 Å². The number of phenolic OH excluding ortho intramolecular Hbond substituents is 1. The molecule has 1 aliphatic heterocycles. The first-order valence-electron chi connectivity index (χ1n) is 6.77. The van der Waals surface area contributed by atoms with Gasteiger partial charge >= 0.3 is 0 Å². The van der Waals surface area contributed by atoms with Crippen LogP contribution in [0.2, 0.25) is 0 Å². The van der Waals surface area contributed by atoms with Crippen molar-refractivity contribution in [1.29, 1.82) is 0 Å². The van der Waals surface area contributed by atoms with E-state index in [0.29, 0.717) is 5.69 Å².